The third-order valence-corrected chi connectivity index (χ3v) is 6.65. The number of rotatable bonds is 6. The van der Waals surface area contributed by atoms with Gasteiger partial charge in [-0.2, -0.15) is 0 Å². The Balaban J connectivity index is 1.47. The normalized spacial score (nSPS) is 19.7. The first kappa shape index (κ1) is 21.6. The second-order valence-corrected chi connectivity index (χ2v) is 8.74. The van der Waals surface area contributed by atoms with E-state index in [9.17, 15) is 9.59 Å². The van der Waals surface area contributed by atoms with E-state index < -0.39 is 0 Å². The molecule has 1 saturated heterocycles. The fraction of sp³-hybridized carbons (Fsp3) is 0.462. The molecule has 0 radical (unpaired) electrons. The highest BCUT2D eigenvalue weighted by atomic mass is 16.2. The minimum absolute atomic E-state index is 0.0364. The summed E-state index contributed by atoms with van der Waals surface area (Å²) in [6.07, 6.45) is 4.00. The first-order chi connectivity index (χ1) is 15.1. The number of hydrogen-bond donors (Lipinski definition) is 1. The van der Waals surface area contributed by atoms with Gasteiger partial charge in [0.05, 0.1) is 12.6 Å². The van der Waals surface area contributed by atoms with Crippen LogP contribution in [0.15, 0.2) is 48.5 Å². The summed E-state index contributed by atoms with van der Waals surface area (Å²) in [6.45, 7) is 6.74. The molecule has 2 aliphatic rings. The predicted molar refractivity (Wildman–Crippen MR) is 123 cm³/mol. The number of nitrogens with one attached hydrogen (secondary N) is 1. The molecule has 5 nitrogen and oxygen atoms in total. The first-order valence-corrected chi connectivity index (χ1v) is 11.6. The molecule has 2 heterocycles. The second kappa shape index (κ2) is 9.65. The van der Waals surface area contributed by atoms with Crippen LogP contribution in [0.25, 0.3) is 0 Å². The number of carbonyl (C=O) groups is 2. The lowest BCUT2D eigenvalue weighted by atomic mass is 9.91. The van der Waals surface area contributed by atoms with E-state index in [1.54, 1.807) is 0 Å². The summed E-state index contributed by atoms with van der Waals surface area (Å²) in [7, 11) is 0. The van der Waals surface area contributed by atoms with E-state index >= 15 is 0 Å². The van der Waals surface area contributed by atoms with Gasteiger partial charge in [0.15, 0.2) is 0 Å². The molecule has 0 bridgehead atoms. The third-order valence-electron chi connectivity index (χ3n) is 6.65. The van der Waals surface area contributed by atoms with Gasteiger partial charge in [-0.05, 0) is 54.9 Å². The highest BCUT2D eigenvalue weighted by Gasteiger charge is 2.37. The first-order valence-electron chi connectivity index (χ1n) is 11.6. The Bertz CT molecular complexity index is 919. The van der Waals surface area contributed by atoms with E-state index in [-0.39, 0.29) is 30.4 Å². The number of likely N-dealkylation sites (tertiary alicyclic amines) is 1. The summed E-state index contributed by atoms with van der Waals surface area (Å²) in [4.78, 5) is 30.4. The van der Waals surface area contributed by atoms with Crippen molar-refractivity contribution in [2.24, 2.45) is 0 Å². The molecule has 1 N–H and O–H groups in total. The smallest absolute Gasteiger partial charge is 0.244 e. The van der Waals surface area contributed by atoms with Crippen molar-refractivity contribution in [1.82, 2.24) is 15.1 Å². The lowest BCUT2D eigenvalue weighted by Crippen LogP contribution is -2.49. The van der Waals surface area contributed by atoms with Crippen molar-refractivity contribution >= 4 is 11.8 Å². The Morgan fingerprint density at radius 2 is 1.74 bits per heavy atom. The Morgan fingerprint density at radius 1 is 1.03 bits per heavy atom. The zero-order chi connectivity index (χ0) is 21.8. The molecule has 2 aromatic carbocycles. The van der Waals surface area contributed by atoms with Gasteiger partial charge in [-0.25, -0.2) is 0 Å². The number of amides is 2. The molecule has 0 aliphatic carbocycles. The molecular formula is C26H33N3O2. The average Bonchev–Trinajstić information content (AvgIpc) is 3.33. The molecule has 0 saturated carbocycles. The fourth-order valence-corrected chi connectivity index (χ4v) is 4.79. The van der Waals surface area contributed by atoms with Crippen molar-refractivity contribution in [2.75, 3.05) is 26.2 Å². The van der Waals surface area contributed by atoms with E-state index in [2.05, 4.69) is 53.5 Å². The van der Waals surface area contributed by atoms with Crippen LogP contribution in [0.1, 0.15) is 61.0 Å². The maximum absolute atomic E-state index is 13.4. The van der Waals surface area contributed by atoms with Crippen LogP contribution in [-0.2, 0) is 22.4 Å². The van der Waals surface area contributed by atoms with Gasteiger partial charge in [0, 0.05) is 19.6 Å². The van der Waals surface area contributed by atoms with Crippen LogP contribution in [0.4, 0.5) is 0 Å². The molecule has 4 rings (SSSR count). The Kier molecular flexibility index (Phi) is 6.71. The summed E-state index contributed by atoms with van der Waals surface area (Å²) in [5.74, 6) is 0.103. The third kappa shape index (κ3) is 4.82. The number of benzene rings is 2. The van der Waals surface area contributed by atoms with Gasteiger partial charge >= 0.3 is 0 Å². The summed E-state index contributed by atoms with van der Waals surface area (Å²) >= 11 is 0. The molecule has 2 atom stereocenters. The largest absolute Gasteiger partial charge is 0.348 e. The number of aryl methyl sites for hydroxylation is 1. The lowest BCUT2D eigenvalue weighted by molar-refractivity contribution is -0.137. The van der Waals surface area contributed by atoms with Gasteiger partial charge in [-0.1, -0.05) is 55.5 Å². The van der Waals surface area contributed by atoms with E-state index in [4.69, 9.17) is 0 Å². The van der Waals surface area contributed by atoms with Crippen LogP contribution in [0, 0.1) is 0 Å². The topological polar surface area (TPSA) is 52.7 Å². The SMILES string of the molecule is CCc1ccc(C(C)NC(=O)CN2CCc3ccccc3C2C(=O)N2CCCC2)cc1. The van der Waals surface area contributed by atoms with E-state index in [1.165, 1.54) is 11.1 Å². The molecular weight excluding hydrogens is 386 g/mol. The van der Waals surface area contributed by atoms with Gasteiger partial charge in [0.1, 0.15) is 6.04 Å². The number of carbonyl (C=O) groups excluding carboxylic acids is 2. The van der Waals surface area contributed by atoms with Crippen molar-refractivity contribution in [3.8, 4) is 0 Å². The van der Waals surface area contributed by atoms with E-state index in [0.29, 0.717) is 6.54 Å². The van der Waals surface area contributed by atoms with Crippen LogP contribution < -0.4 is 5.32 Å². The zero-order valence-corrected chi connectivity index (χ0v) is 18.6. The van der Waals surface area contributed by atoms with E-state index in [0.717, 1.165) is 49.9 Å². The highest BCUT2D eigenvalue weighted by molar-refractivity contribution is 5.86. The highest BCUT2D eigenvalue weighted by Crippen LogP contribution is 2.32. The Hall–Kier alpha value is -2.66. The molecule has 2 unspecified atom stereocenters. The number of fused-ring (bicyclic) bond motifs is 1. The number of hydrogen-bond acceptors (Lipinski definition) is 3. The van der Waals surface area contributed by atoms with Gasteiger partial charge < -0.3 is 10.2 Å². The summed E-state index contributed by atoms with van der Waals surface area (Å²) in [6, 6.07) is 16.2. The molecule has 164 valence electrons. The molecule has 1 fully saturated rings. The van der Waals surface area contributed by atoms with Gasteiger partial charge in [0.25, 0.3) is 0 Å². The molecule has 2 aromatic rings. The zero-order valence-electron chi connectivity index (χ0n) is 18.6. The van der Waals surface area contributed by atoms with Crippen molar-refractivity contribution in [2.45, 2.75) is 51.6 Å². The second-order valence-electron chi connectivity index (χ2n) is 8.74. The van der Waals surface area contributed by atoms with Crippen molar-refractivity contribution in [1.29, 1.82) is 0 Å². The molecule has 0 aromatic heterocycles. The van der Waals surface area contributed by atoms with Crippen LogP contribution in [-0.4, -0.2) is 47.8 Å². The van der Waals surface area contributed by atoms with Crippen molar-refractivity contribution in [3.05, 3.63) is 70.8 Å². The van der Waals surface area contributed by atoms with Gasteiger partial charge in [-0.3, -0.25) is 14.5 Å². The average molecular weight is 420 g/mol. The van der Waals surface area contributed by atoms with Gasteiger partial charge in [0.2, 0.25) is 11.8 Å². The standard InChI is InChI=1S/C26H33N3O2/c1-3-20-10-12-21(13-11-20)19(2)27-24(30)18-29-17-14-22-8-4-5-9-23(22)25(29)26(31)28-15-6-7-16-28/h4-5,8-13,19,25H,3,6-7,14-18H2,1-2H3,(H,27,30). The summed E-state index contributed by atoms with van der Waals surface area (Å²) < 4.78 is 0. The maximum atomic E-state index is 13.4. The maximum Gasteiger partial charge on any atom is 0.244 e. The van der Waals surface area contributed by atoms with Crippen LogP contribution in [0.5, 0.6) is 0 Å². The molecule has 0 spiro atoms. The molecule has 2 amide bonds. The monoisotopic (exact) mass is 419 g/mol. The Morgan fingerprint density at radius 3 is 2.45 bits per heavy atom. The summed E-state index contributed by atoms with van der Waals surface area (Å²) in [5.41, 5.74) is 4.67. The fourth-order valence-electron chi connectivity index (χ4n) is 4.79. The van der Waals surface area contributed by atoms with Gasteiger partial charge in [-0.15, -0.1) is 0 Å². The van der Waals surface area contributed by atoms with Crippen LogP contribution in [0.3, 0.4) is 0 Å². The minimum atomic E-state index is -0.368. The quantitative estimate of drug-likeness (QED) is 0.778. The van der Waals surface area contributed by atoms with Crippen LogP contribution >= 0.6 is 0 Å². The van der Waals surface area contributed by atoms with Crippen LogP contribution in [0.2, 0.25) is 0 Å². The molecule has 2 aliphatic heterocycles. The Labute approximate surface area is 185 Å². The summed E-state index contributed by atoms with van der Waals surface area (Å²) in [5, 5.41) is 3.13. The molecule has 31 heavy (non-hydrogen) atoms. The predicted octanol–water partition coefficient (Wildman–Crippen LogP) is 3.65. The minimum Gasteiger partial charge on any atom is -0.348 e. The lowest BCUT2D eigenvalue weighted by Gasteiger charge is -2.38. The molecule has 5 heteroatoms. The van der Waals surface area contributed by atoms with Crippen molar-refractivity contribution in [3.63, 3.8) is 0 Å². The van der Waals surface area contributed by atoms with E-state index in [1.807, 2.05) is 24.0 Å². The number of nitrogens with zero attached hydrogens (tertiary/aromatic N) is 2. The van der Waals surface area contributed by atoms with Crippen molar-refractivity contribution < 1.29 is 9.59 Å².